The van der Waals surface area contributed by atoms with Gasteiger partial charge in [0.2, 0.25) is 11.8 Å². The zero-order valence-electron chi connectivity index (χ0n) is 23.1. The molecule has 218 valence electrons. The standard InChI is InChI=1S/C20H29N3O5.C8H16N2O/c1-28-16-6-2-4-14(7-9-16)8-10-18(24)23-17(20(26)27)13-22-19(25)15-5-3-11-21-12-15;11-10-7-4-8-2-1-5-9-6-3-8/h2,6-7,9,15,17,21H,3-5,8,10-13H2,1H3,(H,22,25)(H,23,24)(H,26,27);8-9H,1-7H2/t15-,17-;/m1./s1. The molecule has 2 fully saturated rings. The molecule has 0 radical (unpaired) electrons. The van der Waals surface area contributed by atoms with Gasteiger partial charge in [0, 0.05) is 19.5 Å². The third kappa shape index (κ3) is 13.5. The number of carbonyl (C=O) groups is 3. The van der Waals surface area contributed by atoms with Crippen molar-refractivity contribution in [2.75, 3.05) is 46.4 Å². The molecule has 0 saturated carbocycles. The number of carboxylic acids is 1. The van der Waals surface area contributed by atoms with Gasteiger partial charge in [0.05, 0.1) is 19.6 Å². The van der Waals surface area contributed by atoms with Crippen LogP contribution in [0.5, 0.6) is 0 Å². The Balaban J connectivity index is 0.000000404. The van der Waals surface area contributed by atoms with Gasteiger partial charge in [0.1, 0.15) is 11.8 Å². The van der Waals surface area contributed by atoms with Crippen molar-refractivity contribution in [3.05, 3.63) is 40.5 Å². The fourth-order valence-electron chi connectivity index (χ4n) is 4.75. The van der Waals surface area contributed by atoms with Gasteiger partial charge in [0.25, 0.3) is 0 Å². The molecule has 0 aromatic rings. The van der Waals surface area contributed by atoms with Crippen LogP contribution in [0.4, 0.5) is 0 Å². The molecule has 3 atom stereocenters. The van der Waals surface area contributed by atoms with Gasteiger partial charge in [-0.3, -0.25) is 9.59 Å². The minimum atomic E-state index is -1.17. The summed E-state index contributed by atoms with van der Waals surface area (Å²) >= 11 is 0. The smallest absolute Gasteiger partial charge is 0.328 e. The summed E-state index contributed by atoms with van der Waals surface area (Å²) in [5, 5.41) is 23.9. The van der Waals surface area contributed by atoms with Crippen LogP contribution in [-0.2, 0) is 19.1 Å². The Morgan fingerprint density at radius 2 is 1.92 bits per heavy atom. The van der Waals surface area contributed by atoms with Gasteiger partial charge in [-0.05, 0) is 89.1 Å². The number of nitrogens with one attached hydrogen (secondary N) is 4. The normalized spacial score (nSPS) is 21.9. The highest BCUT2D eigenvalue weighted by atomic mass is 16.5. The molecule has 2 saturated heterocycles. The predicted octanol–water partition coefficient (Wildman–Crippen LogP) is 2.40. The van der Waals surface area contributed by atoms with Crippen molar-refractivity contribution in [1.29, 1.82) is 0 Å². The molecular weight excluding hydrogens is 502 g/mol. The highest BCUT2D eigenvalue weighted by Gasteiger charge is 2.24. The van der Waals surface area contributed by atoms with Crippen LogP contribution in [-0.4, -0.2) is 75.3 Å². The van der Waals surface area contributed by atoms with Crippen molar-refractivity contribution in [3.8, 4) is 0 Å². The third-order valence-corrected chi connectivity index (χ3v) is 7.16. The Bertz CT molecular complexity index is 874. The molecule has 2 heterocycles. The highest BCUT2D eigenvalue weighted by Crippen LogP contribution is 2.17. The number of allylic oxidation sites excluding steroid dienone is 5. The molecule has 0 spiro atoms. The summed E-state index contributed by atoms with van der Waals surface area (Å²) < 4.78 is 5.16. The Labute approximate surface area is 231 Å². The van der Waals surface area contributed by atoms with E-state index in [9.17, 15) is 24.4 Å². The van der Waals surface area contributed by atoms with E-state index in [-0.39, 0.29) is 30.7 Å². The van der Waals surface area contributed by atoms with E-state index < -0.39 is 12.0 Å². The van der Waals surface area contributed by atoms with E-state index in [2.05, 4.69) is 26.4 Å². The lowest BCUT2D eigenvalue weighted by Gasteiger charge is -2.23. The minimum absolute atomic E-state index is 0.123. The fourth-order valence-corrected chi connectivity index (χ4v) is 4.75. The number of piperidine rings is 1. The zero-order chi connectivity index (χ0) is 28.3. The van der Waals surface area contributed by atoms with E-state index in [4.69, 9.17) is 4.74 Å². The zero-order valence-corrected chi connectivity index (χ0v) is 23.1. The number of aliphatic carboxylic acids is 1. The van der Waals surface area contributed by atoms with E-state index in [1.165, 1.54) is 19.3 Å². The number of ether oxygens (including phenoxy) is 1. The summed E-state index contributed by atoms with van der Waals surface area (Å²) in [4.78, 5) is 45.6. The fraction of sp³-hybridized carbons (Fsp3) is 0.679. The van der Waals surface area contributed by atoms with Crippen LogP contribution in [0.1, 0.15) is 57.8 Å². The summed E-state index contributed by atoms with van der Waals surface area (Å²) in [6.07, 6.45) is 15.4. The lowest BCUT2D eigenvalue weighted by Crippen LogP contribution is -2.50. The molecule has 11 heteroatoms. The number of hydrogen-bond acceptors (Lipinski definition) is 8. The summed E-state index contributed by atoms with van der Waals surface area (Å²) in [5.41, 5.74) is 1.06. The largest absolute Gasteiger partial charge is 0.497 e. The lowest BCUT2D eigenvalue weighted by molar-refractivity contribution is -0.142. The Morgan fingerprint density at radius 3 is 2.64 bits per heavy atom. The number of amides is 2. The van der Waals surface area contributed by atoms with Crippen molar-refractivity contribution in [2.45, 2.75) is 63.8 Å². The number of hydrogen-bond donors (Lipinski definition) is 5. The minimum Gasteiger partial charge on any atom is -0.497 e. The maximum absolute atomic E-state index is 12.2. The van der Waals surface area contributed by atoms with Gasteiger partial charge in [-0.15, -0.1) is 0 Å². The number of methoxy groups -OCH3 is 1. The number of nitroso groups, excluding NO2 is 1. The molecule has 39 heavy (non-hydrogen) atoms. The highest BCUT2D eigenvalue weighted by molar-refractivity contribution is 5.85. The van der Waals surface area contributed by atoms with Crippen molar-refractivity contribution in [1.82, 2.24) is 21.3 Å². The second kappa shape index (κ2) is 19.1. The Hall–Kier alpha value is -3.05. The van der Waals surface area contributed by atoms with Crippen molar-refractivity contribution >= 4 is 17.8 Å². The number of carboxylic acid groups (broad SMARTS) is 1. The van der Waals surface area contributed by atoms with E-state index in [0.717, 1.165) is 56.1 Å². The third-order valence-electron chi connectivity index (χ3n) is 7.16. The first kappa shape index (κ1) is 32.2. The molecule has 0 bridgehead atoms. The molecule has 3 aliphatic rings. The van der Waals surface area contributed by atoms with Crippen LogP contribution in [0.25, 0.3) is 0 Å². The van der Waals surface area contributed by atoms with E-state index >= 15 is 0 Å². The van der Waals surface area contributed by atoms with Crippen molar-refractivity contribution in [2.24, 2.45) is 17.0 Å². The first-order valence-electron chi connectivity index (χ1n) is 14.0. The summed E-state index contributed by atoms with van der Waals surface area (Å²) in [6, 6.07) is -1.14. The van der Waals surface area contributed by atoms with Gasteiger partial charge < -0.3 is 31.1 Å². The van der Waals surface area contributed by atoms with Crippen molar-refractivity contribution < 1.29 is 24.2 Å². The average Bonchev–Trinajstić information content (AvgIpc) is 3.36. The van der Waals surface area contributed by atoms with Gasteiger partial charge in [-0.25, -0.2) is 4.79 Å². The molecule has 2 amide bonds. The average molecular weight is 548 g/mol. The molecular formula is C28H45N5O6. The second-order valence-corrected chi connectivity index (χ2v) is 10.1. The quantitative estimate of drug-likeness (QED) is 0.233. The maximum atomic E-state index is 12.2. The molecule has 2 aliphatic heterocycles. The number of rotatable bonds is 12. The van der Waals surface area contributed by atoms with Crippen molar-refractivity contribution in [3.63, 3.8) is 0 Å². The SMILES string of the molecule is COC1=CC=C(CCC(=O)N[C@H](CNC(=O)[C@@H]2CCCNC2)C(=O)O)CC=C1.O=NCCC1CCCNCC1. The van der Waals surface area contributed by atoms with Gasteiger partial charge in [-0.2, -0.15) is 4.91 Å². The second-order valence-electron chi connectivity index (χ2n) is 10.1. The summed E-state index contributed by atoms with van der Waals surface area (Å²) in [6.45, 7) is 4.13. The van der Waals surface area contributed by atoms with Crippen LogP contribution in [0.2, 0.25) is 0 Å². The first-order chi connectivity index (χ1) is 18.9. The molecule has 0 aromatic carbocycles. The summed E-state index contributed by atoms with van der Waals surface area (Å²) in [7, 11) is 1.60. The van der Waals surface area contributed by atoms with Crippen LogP contribution < -0.4 is 21.3 Å². The van der Waals surface area contributed by atoms with Gasteiger partial charge in [0.15, 0.2) is 0 Å². The molecule has 5 N–H and O–H groups in total. The molecule has 0 aromatic heterocycles. The van der Waals surface area contributed by atoms with E-state index in [1.807, 2.05) is 24.3 Å². The van der Waals surface area contributed by atoms with Gasteiger partial charge >= 0.3 is 5.97 Å². The predicted molar refractivity (Wildman–Crippen MR) is 150 cm³/mol. The molecule has 11 nitrogen and oxygen atoms in total. The molecule has 3 rings (SSSR count). The Kier molecular flexibility index (Phi) is 15.7. The lowest BCUT2D eigenvalue weighted by atomic mass is 9.97. The molecule has 1 aliphatic carbocycles. The van der Waals surface area contributed by atoms with E-state index in [0.29, 0.717) is 25.9 Å². The Morgan fingerprint density at radius 1 is 1.13 bits per heavy atom. The maximum Gasteiger partial charge on any atom is 0.328 e. The summed E-state index contributed by atoms with van der Waals surface area (Å²) in [5.74, 6) is -0.370. The van der Waals surface area contributed by atoms with Crippen LogP contribution in [0.3, 0.4) is 0 Å². The van der Waals surface area contributed by atoms with E-state index in [1.54, 1.807) is 7.11 Å². The van der Waals surface area contributed by atoms with Gasteiger partial charge in [-0.1, -0.05) is 22.9 Å². The monoisotopic (exact) mass is 547 g/mol. The number of carbonyl (C=O) groups excluding carboxylic acids is 2. The number of nitrogens with zero attached hydrogens (tertiary/aromatic N) is 1. The van der Waals surface area contributed by atoms with Crippen LogP contribution in [0, 0.1) is 16.7 Å². The first-order valence-corrected chi connectivity index (χ1v) is 14.0. The molecule has 1 unspecified atom stereocenters. The van der Waals surface area contributed by atoms with Crippen LogP contribution in [0.15, 0.2) is 40.8 Å². The topological polar surface area (TPSA) is 158 Å². The van der Waals surface area contributed by atoms with Crippen LogP contribution >= 0.6 is 0 Å².